The SMILES string of the molecule is C=C(C)CN=C(N)NCCc1c(C)[nH]c2ccccc12. The topological polar surface area (TPSA) is 66.2 Å². The first-order chi connectivity index (χ1) is 9.58. The van der Waals surface area contributed by atoms with Crippen molar-refractivity contribution in [2.45, 2.75) is 20.3 Å². The smallest absolute Gasteiger partial charge is 0.188 e. The standard InChI is InChI=1S/C16H22N4/c1-11(2)10-19-16(17)18-9-8-13-12(3)20-15-7-5-4-6-14(13)15/h4-7,20H,1,8-10H2,2-3H3,(H3,17,18,19). The Kier molecular flexibility index (Phi) is 4.45. The van der Waals surface area contributed by atoms with Crippen LogP contribution in [0, 0.1) is 6.92 Å². The van der Waals surface area contributed by atoms with Gasteiger partial charge in [-0.25, -0.2) is 4.99 Å². The molecule has 0 unspecified atom stereocenters. The van der Waals surface area contributed by atoms with Crippen molar-refractivity contribution >= 4 is 16.9 Å². The van der Waals surface area contributed by atoms with Gasteiger partial charge < -0.3 is 16.0 Å². The summed E-state index contributed by atoms with van der Waals surface area (Å²) in [5.74, 6) is 0.477. The molecule has 0 fully saturated rings. The molecule has 1 aromatic heterocycles. The van der Waals surface area contributed by atoms with Gasteiger partial charge >= 0.3 is 0 Å². The number of aryl methyl sites for hydroxylation is 1. The average molecular weight is 270 g/mol. The van der Waals surface area contributed by atoms with Crippen LogP contribution in [-0.2, 0) is 6.42 Å². The molecule has 0 saturated heterocycles. The molecule has 1 aromatic carbocycles. The van der Waals surface area contributed by atoms with Crippen LogP contribution in [0.25, 0.3) is 10.9 Å². The van der Waals surface area contributed by atoms with Crippen LogP contribution in [0.3, 0.4) is 0 Å². The average Bonchev–Trinajstić information content (AvgIpc) is 2.73. The second kappa shape index (κ2) is 6.28. The van der Waals surface area contributed by atoms with Crippen molar-refractivity contribution in [3.05, 3.63) is 47.7 Å². The van der Waals surface area contributed by atoms with Crippen LogP contribution in [-0.4, -0.2) is 24.0 Å². The van der Waals surface area contributed by atoms with Crippen LogP contribution in [0.4, 0.5) is 0 Å². The lowest BCUT2D eigenvalue weighted by Crippen LogP contribution is -2.33. The van der Waals surface area contributed by atoms with E-state index in [0.29, 0.717) is 12.5 Å². The Morgan fingerprint density at radius 3 is 2.90 bits per heavy atom. The van der Waals surface area contributed by atoms with Crippen molar-refractivity contribution in [3.63, 3.8) is 0 Å². The summed E-state index contributed by atoms with van der Waals surface area (Å²) in [5.41, 5.74) is 10.5. The molecule has 0 aliphatic carbocycles. The van der Waals surface area contributed by atoms with Crippen LogP contribution in [0.15, 0.2) is 41.4 Å². The monoisotopic (exact) mass is 270 g/mol. The molecule has 4 N–H and O–H groups in total. The minimum atomic E-state index is 0.477. The predicted octanol–water partition coefficient (Wildman–Crippen LogP) is 2.50. The number of fused-ring (bicyclic) bond motifs is 1. The number of aromatic nitrogens is 1. The summed E-state index contributed by atoms with van der Waals surface area (Å²) < 4.78 is 0. The number of benzene rings is 1. The highest BCUT2D eigenvalue weighted by atomic mass is 15.1. The van der Waals surface area contributed by atoms with E-state index >= 15 is 0 Å². The summed E-state index contributed by atoms with van der Waals surface area (Å²) in [7, 11) is 0. The third kappa shape index (κ3) is 3.41. The Morgan fingerprint density at radius 1 is 1.40 bits per heavy atom. The highest BCUT2D eigenvalue weighted by molar-refractivity contribution is 5.84. The predicted molar refractivity (Wildman–Crippen MR) is 86.0 cm³/mol. The molecule has 2 rings (SSSR count). The number of hydrogen-bond acceptors (Lipinski definition) is 1. The van der Waals surface area contributed by atoms with Crippen LogP contribution in [0.5, 0.6) is 0 Å². The number of nitrogens with zero attached hydrogens (tertiary/aromatic N) is 1. The number of guanidine groups is 1. The van der Waals surface area contributed by atoms with Gasteiger partial charge in [-0.3, -0.25) is 0 Å². The zero-order chi connectivity index (χ0) is 14.5. The van der Waals surface area contributed by atoms with Gasteiger partial charge in [0.2, 0.25) is 0 Å². The zero-order valence-corrected chi connectivity index (χ0v) is 12.2. The maximum atomic E-state index is 5.80. The van der Waals surface area contributed by atoms with E-state index in [4.69, 9.17) is 5.73 Å². The van der Waals surface area contributed by atoms with E-state index in [1.807, 2.05) is 13.0 Å². The lowest BCUT2D eigenvalue weighted by Gasteiger charge is -2.06. The minimum absolute atomic E-state index is 0.477. The number of aromatic amines is 1. The van der Waals surface area contributed by atoms with Crippen LogP contribution in [0.1, 0.15) is 18.2 Å². The maximum absolute atomic E-state index is 5.80. The Morgan fingerprint density at radius 2 is 2.15 bits per heavy atom. The van der Waals surface area contributed by atoms with Crippen LogP contribution >= 0.6 is 0 Å². The van der Waals surface area contributed by atoms with Gasteiger partial charge in [0, 0.05) is 23.1 Å². The second-order valence-electron chi connectivity index (χ2n) is 5.11. The Balaban J connectivity index is 1.98. The summed E-state index contributed by atoms with van der Waals surface area (Å²) in [5, 5.41) is 4.42. The largest absolute Gasteiger partial charge is 0.370 e. The highest BCUT2D eigenvalue weighted by Crippen LogP contribution is 2.21. The number of para-hydroxylation sites is 1. The van der Waals surface area contributed by atoms with E-state index in [1.54, 1.807) is 0 Å². The molecule has 20 heavy (non-hydrogen) atoms. The molecule has 0 saturated carbocycles. The fourth-order valence-corrected chi connectivity index (χ4v) is 2.25. The summed E-state index contributed by atoms with van der Waals surface area (Å²) in [6.07, 6.45) is 0.916. The number of nitrogens with one attached hydrogen (secondary N) is 2. The molecule has 0 aliphatic rings. The van der Waals surface area contributed by atoms with Gasteiger partial charge in [0.15, 0.2) is 5.96 Å². The van der Waals surface area contributed by atoms with Crippen LogP contribution < -0.4 is 11.1 Å². The second-order valence-corrected chi connectivity index (χ2v) is 5.11. The number of aliphatic imine (C=N–C) groups is 1. The first-order valence-electron chi connectivity index (χ1n) is 6.82. The van der Waals surface area contributed by atoms with Crippen molar-refractivity contribution in [2.24, 2.45) is 10.7 Å². The molecule has 0 atom stereocenters. The lowest BCUT2D eigenvalue weighted by molar-refractivity contribution is 0.851. The fraction of sp³-hybridized carbons (Fsp3) is 0.312. The molecule has 0 bridgehead atoms. The molecule has 0 aliphatic heterocycles. The van der Waals surface area contributed by atoms with Gasteiger partial charge in [-0.15, -0.1) is 0 Å². The zero-order valence-electron chi connectivity index (χ0n) is 12.2. The Hall–Kier alpha value is -2.23. The van der Waals surface area contributed by atoms with Crippen LogP contribution in [0.2, 0.25) is 0 Å². The molecule has 1 heterocycles. The lowest BCUT2D eigenvalue weighted by atomic mass is 10.1. The molecule has 0 spiro atoms. The molecule has 106 valence electrons. The Bertz CT molecular complexity index is 637. The number of H-pyrrole nitrogens is 1. The number of hydrogen-bond donors (Lipinski definition) is 3. The summed E-state index contributed by atoms with van der Waals surface area (Å²) in [6, 6.07) is 8.35. The van der Waals surface area contributed by atoms with Gasteiger partial charge in [-0.05, 0) is 31.9 Å². The molecular formula is C16H22N4. The van der Waals surface area contributed by atoms with E-state index in [2.05, 4.69) is 47.0 Å². The number of rotatable bonds is 5. The molecule has 2 aromatic rings. The van der Waals surface area contributed by atoms with Gasteiger partial charge in [-0.1, -0.05) is 30.4 Å². The van der Waals surface area contributed by atoms with Gasteiger partial charge in [-0.2, -0.15) is 0 Å². The third-order valence-electron chi connectivity index (χ3n) is 3.23. The van der Waals surface area contributed by atoms with Crippen molar-refractivity contribution < 1.29 is 0 Å². The Labute approximate surface area is 119 Å². The van der Waals surface area contributed by atoms with Crippen molar-refractivity contribution in [1.29, 1.82) is 0 Å². The molecule has 4 nitrogen and oxygen atoms in total. The van der Waals surface area contributed by atoms with E-state index < -0.39 is 0 Å². The first kappa shape index (κ1) is 14.2. The highest BCUT2D eigenvalue weighted by Gasteiger charge is 2.07. The maximum Gasteiger partial charge on any atom is 0.188 e. The van der Waals surface area contributed by atoms with Gasteiger partial charge in [0.25, 0.3) is 0 Å². The van der Waals surface area contributed by atoms with Crippen molar-refractivity contribution in [3.8, 4) is 0 Å². The van der Waals surface area contributed by atoms with E-state index in [9.17, 15) is 0 Å². The molecule has 0 amide bonds. The van der Waals surface area contributed by atoms with Crippen molar-refractivity contribution in [1.82, 2.24) is 10.3 Å². The molecule has 0 radical (unpaired) electrons. The fourth-order valence-electron chi connectivity index (χ4n) is 2.25. The van der Waals surface area contributed by atoms with E-state index in [1.165, 1.54) is 22.2 Å². The summed E-state index contributed by atoms with van der Waals surface area (Å²) in [4.78, 5) is 7.61. The van der Waals surface area contributed by atoms with Gasteiger partial charge in [0.05, 0.1) is 6.54 Å². The van der Waals surface area contributed by atoms with Crippen molar-refractivity contribution in [2.75, 3.05) is 13.1 Å². The van der Waals surface area contributed by atoms with E-state index in [-0.39, 0.29) is 0 Å². The van der Waals surface area contributed by atoms with Gasteiger partial charge in [0.1, 0.15) is 0 Å². The number of nitrogens with two attached hydrogens (primary N) is 1. The molecular weight excluding hydrogens is 248 g/mol. The summed E-state index contributed by atoms with van der Waals surface area (Å²) >= 11 is 0. The summed E-state index contributed by atoms with van der Waals surface area (Å²) in [6.45, 7) is 9.19. The normalized spacial score (nSPS) is 11.8. The third-order valence-corrected chi connectivity index (χ3v) is 3.23. The molecule has 4 heteroatoms. The minimum Gasteiger partial charge on any atom is -0.370 e. The quantitative estimate of drug-likeness (QED) is 0.444. The van der Waals surface area contributed by atoms with E-state index in [0.717, 1.165) is 18.5 Å². The first-order valence-corrected chi connectivity index (χ1v) is 6.82.